The molecule has 3 aromatic rings. The van der Waals surface area contributed by atoms with Gasteiger partial charge in [-0.1, -0.05) is 68.3 Å². The molecule has 0 spiro atoms. The zero-order valence-electron chi connectivity index (χ0n) is 16.4. The number of aldehydes is 1. The number of nitrogen functional groups attached to an aromatic ring is 1. The van der Waals surface area contributed by atoms with Crippen LogP contribution in [0, 0.1) is 5.92 Å². The molecule has 0 saturated heterocycles. The molecule has 3 aromatic carbocycles. The molecule has 0 heterocycles. The van der Waals surface area contributed by atoms with Gasteiger partial charge in [0.1, 0.15) is 0 Å². The van der Waals surface area contributed by atoms with E-state index in [1.165, 1.54) is 31.2 Å². The number of hydrogen-bond donors (Lipinski definition) is 1. The van der Waals surface area contributed by atoms with Gasteiger partial charge in [-0.15, -0.1) is 0 Å². The highest BCUT2D eigenvalue weighted by molar-refractivity contribution is 5.88. The van der Waals surface area contributed by atoms with Gasteiger partial charge in [-0.2, -0.15) is 0 Å². The molecule has 0 atom stereocenters. The molecule has 142 valence electrons. The van der Waals surface area contributed by atoms with E-state index in [0.717, 1.165) is 45.7 Å². The largest absolute Gasteiger partial charge is 0.399 e. The summed E-state index contributed by atoms with van der Waals surface area (Å²) in [7, 11) is 0. The molecule has 2 N–H and O–H groups in total. The molecule has 4 rings (SSSR count). The van der Waals surface area contributed by atoms with E-state index in [9.17, 15) is 4.79 Å². The maximum absolute atomic E-state index is 11.8. The number of nitrogens with two attached hydrogens (primary N) is 1. The SMILES string of the molecule is CC1CCC(c2ccc(-c3ccc(-c4ccc(N)cc4)cc3)c(C=O)c2)CC1. The van der Waals surface area contributed by atoms with Crippen molar-refractivity contribution in [1.29, 1.82) is 0 Å². The van der Waals surface area contributed by atoms with Crippen LogP contribution in [0.2, 0.25) is 0 Å². The van der Waals surface area contributed by atoms with Crippen LogP contribution in [0.3, 0.4) is 0 Å². The third kappa shape index (κ3) is 3.87. The first-order valence-electron chi connectivity index (χ1n) is 10.2. The average molecular weight is 370 g/mol. The molecular weight excluding hydrogens is 342 g/mol. The molecule has 2 heteroatoms. The number of hydrogen-bond acceptors (Lipinski definition) is 2. The Morgan fingerprint density at radius 1 is 0.786 bits per heavy atom. The Bertz CT molecular complexity index is 949. The van der Waals surface area contributed by atoms with Gasteiger partial charge in [0.15, 0.2) is 6.29 Å². The average Bonchev–Trinajstić information content (AvgIpc) is 2.74. The van der Waals surface area contributed by atoms with Gasteiger partial charge in [-0.05, 0) is 70.7 Å². The summed E-state index contributed by atoms with van der Waals surface area (Å²) in [6.45, 7) is 2.34. The van der Waals surface area contributed by atoms with E-state index in [-0.39, 0.29) is 0 Å². The standard InChI is InChI=1S/C26H27NO/c1-18-2-4-21(5-3-18)23-12-15-26(24(16-23)17-28)22-8-6-19(7-9-22)20-10-13-25(27)14-11-20/h6-18,21H,2-5,27H2,1H3. The number of carbonyl (C=O) groups excluding carboxylic acids is 1. The van der Waals surface area contributed by atoms with E-state index in [4.69, 9.17) is 5.73 Å². The first-order valence-corrected chi connectivity index (χ1v) is 10.2. The molecule has 1 aliphatic rings. The minimum absolute atomic E-state index is 0.594. The maximum atomic E-state index is 11.8. The van der Waals surface area contributed by atoms with E-state index in [0.29, 0.717) is 5.92 Å². The highest BCUT2D eigenvalue weighted by Gasteiger charge is 2.20. The maximum Gasteiger partial charge on any atom is 0.150 e. The molecule has 0 aromatic heterocycles. The van der Waals surface area contributed by atoms with Gasteiger partial charge >= 0.3 is 0 Å². The van der Waals surface area contributed by atoms with Crippen LogP contribution >= 0.6 is 0 Å². The Balaban J connectivity index is 1.60. The van der Waals surface area contributed by atoms with E-state index in [1.807, 2.05) is 24.3 Å². The third-order valence-electron chi connectivity index (χ3n) is 6.13. The van der Waals surface area contributed by atoms with Gasteiger partial charge in [0.25, 0.3) is 0 Å². The zero-order valence-corrected chi connectivity index (χ0v) is 16.4. The van der Waals surface area contributed by atoms with Crippen molar-refractivity contribution in [3.63, 3.8) is 0 Å². The summed E-state index contributed by atoms with van der Waals surface area (Å²) < 4.78 is 0. The summed E-state index contributed by atoms with van der Waals surface area (Å²) in [4.78, 5) is 11.8. The van der Waals surface area contributed by atoms with E-state index in [2.05, 4.69) is 49.4 Å². The van der Waals surface area contributed by atoms with Crippen molar-refractivity contribution in [1.82, 2.24) is 0 Å². The van der Waals surface area contributed by atoms with Crippen LogP contribution in [0.1, 0.15) is 54.4 Å². The van der Waals surface area contributed by atoms with E-state index < -0.39 is 0 Å². The van der Waals surface area contributed by atoms with Crippen molar-refractivity contribution in [3.05, 3.63) is 77.9 Å². The lowest BCUT2D eigenvalue weighted by Crippen LogP contribution is -2.11. The van der Waals surface area contributed by atoms with Crippen molar-refractivity contribution >= 4 is 12.0 Å². The lowest BCUT2D eigenvalue weighted by Gasteiger charge is -2.27. The fraction of sp³-hybridized carbons (Fsp3) is 0.269. The molecule has 0 aliphatic heterocycles. The smallest absolute Gasteiger partial charge is 0.150 e. The lowest BCUT2D eigenvalue weighted by molar-refractivity contribution is 0.112. The van der Waals surface area contributed by atoms with Crippen LogP contribution in [-0.4, -0.2) is 6.29 Å². The predicted molar refractivity (Wildman–Crippen MR) is 117 cm³/mol. The number of carbonyl (C=O) groups is 1. The summed E-state index contributed by atoms with van der Waals surface area (Å²) in [6, 6.07) is 22.7. The van der Waals surface area contributed by atoms with Crippen LogP contribution < -0.4 is 5.73 Å². The minimum Gasteiger partial charge on any atom is -0.399 e. The van der Waals surface area contributed by atoms with Gasteiger partial charge in [-0.25, -0.2) is 0 Å². The van der Waals surface area contributed by atoms with E-state index in [1.54, 1.807) is 0 Å². The van der Waals surface area contributed by atoms with Gasteiger partial charge in [0.2, 0.25) is 0 Å². The Kier molecular flexibility index (Phi) is 5.29. The Morgan fingerprint density at radius 3 is 1.96 bits per heavy atom. The molecule has 0 unspecified atom stereocenters. The number of anilines is 1. The predicted octanol–water partition coefficient (Wildman–Crippen LogP) is 6.71. The molecule has 28 heavy (non-hydrogen) atoms. The number of rotatable bonds is 4. The van der Waals surface area contributed by atoms with Gasteiger partial charge in [0, 0.05) is 11.3 Å². The molecule has 1 fully saturated rings. The molecular formula is C26H27NO. The monoisotopic (exact) mass is 369 g/mol. The van der Waals surface area contributed by atoms with Crippen LogP contribution in [0.25, 0.3) is 22.3 Å². The minimum atomic E-state index is 0.594. The van der Waals surface area contributed by atoms with Crippen LogP contribution in [0.15, 0.2) is 66.7 Å². The Morgan fingerprint density at radius 2 is 1.36 bits per heavy atom. The summed E-state index contributed by atoms with van der Waals surface area (Å²) in [6.07, 6.45) is 6.03. The van der Waals surface area contributed by atoms with Gasteiger partial charge in [0.05, 0.1) is 0 Å². The fourth-order valence-electron chi connectivity index (χ4n) is 4.31. The van der Waals surface area contributed by atoms with Gasteiger partial charge < -0.3 is 5.73 Å². The third-order valence-corrected chi connectivity index (χ3v) is 6.13. The van der Waals surface area contributed by atoms with Gasteiger partial charge in [-0.3, -0.25) is 4.79 Å². The fourth-order valence-corrected chi connectivity index (χ4v) is 4.31. The number of benzene rings is 3. The second kappa shape index (κ2) is 8.02. The highest BCUT2D eigenvalue weighted by atomic mass is 16.1. The second-order valence-electron chi connectivity index (χ2n) is 8.12. The molecule has 2 nitrogen and oxygen atoms in total. The molecule has 0 bridgehead atoms. The zero-order chi connectivity index (χ0) is 19.5. The van der Waals surface area contributed by atoms with Crippen molar-refractivity contribution in [2.75, 3.05) is 5.73 Å². The summed E-state index contributed by atoms with van der Waals surface area (Å²) in [5, 5.41) is 0. The molecule has 1 saturated carbocycles. The Labute approximate surface area is 167 Å². The normalized spacial score (nSPS) is 19.3. The first kappa shape index (κ1) is 18.5. The highest BCUT2D eigenvalue weighted by Crippen LogP contribution is 2.37. The topological polar surface area (TPSA) is 43.1 Å². The van der Waals surface area contributed by atoms with Crippen molar-refractivity contribution in [2.45, 2.75) is 38.5 Å². The van der Waals surface area contributed by atoms with Crippen LogP contribution in [0.4, 0.5) is 5.69 Å². The van der Waals surface area contributed by atoms with E-state index >= 15 is 0 Å². The van der Waals surface area contributed by atoms with Crippen molar-refractivity contribution in [3.8, 4) is 22.3 Å². The first-order chi connectivity index (χ1) is 13.6. The second-order valence-corrected chi connectivity index (χ2v) is 8.12. The summed E-state index contributed by atoms with van der Waals surface area (Å²) in [5.74, 6) is 1.43. The van der Waals surface area contributed by atoms with Crippen LogP contribution in [-0.2, 0) is 0 Å². The van der Waals surface area contributed by atoms with Crippen LogP contribution in [0.5, 0.6) is 0 Å². The lowest BCUT2D eigenvalue weighted by atomic mass is 9.79. The molecule has 1 aliphatic carbocycles. The quantitative estimate of drug-likeness (QED) is 0.410. The molecule has 0 radical (unpaired) electrons. The Hall–Kier alpha value is -2.87. The van der Waals surface area contributed by atoms with Crippen molar-refractivity contribution < 1.29 is 4.79 Å². The molecule has 0 amide bonds. The van der Waals surface area contributed by atoms with Crippen molar-refractivity contribution in [2.24, 2.45) is 5.92 Å². The summed E-state index contributed by atoms with van der Waals surface area (Å²) in [5.41, 5.74) is 13.0. The summed E-state index contributed by atoms with van der Waals surface area (Å²) >= 11 is 0.